The van der Waals surface area contributed by atoms with Crippen molar-refractivity contribution in [1.82, 2.24) is 9.97 Å². The van der Waals surface area contributed by atoms with Crippen molar-refractivity contribution in [2.24, 2.45) is 0 Å². The SMILES string of the molecule is Nc1cccc(C#Cc2ncnc(Nc3ccc(OCc4cccc(F)c4)c(Cl)c3)c2N)c1. The third kappa shape index (κ3) is 5.70. The number of hydrogen-bond acceptors (Lipinski definition) is 6. The van der Waals surface area contributed by atoms with Gasteiger partial charge in [-0.3, -0.25) is 0 Å². The number of halogens is 2. The number of anilines is 4. The number of nitrogens with zero attached hydrogens (tertiary/aromatic N) is 2. The zero-order valence-electron chi connectivity index (χ0n) is 17.3. The summed E-state index contributed by atoms with van der Waals surface area (Å²) in [6.45, 7) is 0.193. The van der Waals surface area contributed by atoms with E-state index in [9.17, 15) is 4.39 Å². The molecule has 164 valence electrons. The van der Waals surface area contributed by atoms with Gasteiger partial charge in [0.1, 0.15) is 35.9 Å². The molecule has 1 heterocycles. The van der Waals surface area contributed by atoms with Gasteiger partial charge in [-0.2, -0.15) is 0 Å². The first-order chi connectivity index (χ1) is 16.0. The molecule has 4 rings (SSSR count). The van der Waals surface area contributed by atoms with E-state index < -0.39 is 0 Å². The second-order valence-corrected chi connectivity index (χ2v) is 7.46. The summed E-state index contributed by atoms with van der Waals surface area (Å²) in [4.78, 5) is 8.35. The molecule has 0 aliphatic rings. The fourth-order valence-electron chi connectivity index (χ4n) is 2.96. The molecule has 0 amide bonds. The summed E-state index contributed by atoms with van der Waals surface area (Å²) in [5.74, 6) is 6.48. The third-order valence-electron chi connectivity index (χ3n) is 4.57. The van der Waals surface area contributed by atoms with Crippen LogP contribution in [0.15, 0.2) is 73.1 Å². The van der Waals surface area contributed by atoms with E-state index in [1.54, 1.807) is 42.5 Å². The minimum atomic E-state index is -0.318. The van der Waals surface area contributed by atoms with E-state index in [0.717, 1.165) is 5.56 Å². The molecule has 0 unspecified atom stereocenters. The van der Waals surface area contributed by atoms with Crippen LogP contribution < -0.4 is 21.5 Å². The van der Waals surface area contributed by atoms with Crippen LogP contribution in [0.25, 0.3) is 0 Å². The van der Waals surface area contributed by atoms with Crippen molar-refractivity contribution in [2.75, 3.05) is 16.8 Å². The standard InChI is InChI=1S/C25H19ClFN5O/c26-21-13-20(8-10-23(21)33-14-17-4-1-5-18(27)11-17)32-25-24(29)22(30-15-31-25)9-7-16-3-2-6-19(28)12-16/h1-6,8,10-13,15H,14,28-29H2,(H,30,31,32). The van der Waals surface area contributed by atoms with Crippen LogP contribution in [0.2, 0.25) is 5.02 Å². The molecule has 6 nitrogen and oxygen atoms in total. The highest BCUT2D eigenvalue weighted by Gasteiger charge is 2.09. The maximum Gasteiger partial charge on any atom is 0.158 e. The number of nitrogens with one attached hydrogen (secondary N) is 1. The van der Waals surface area contributed by atoms with Crippen LogP contribution in [0, 0.1) is 17.7 Å². The van der Waals surface area contributed by atoms with Gasteiger partial charge in [0.2, 0.25) is 0 Å². The predicted octanol–water partition coefficient (Wildman–Crippen LogP) is 5.16. The van der Waals surface area contributed by atoms with Gasteiger partial charge in [0.15, 0.2) is 5.82 Å². The molecule has 33 heavy (non-hydrogen) atoms. The van der Waals surface area contributed by atoms with Crippen LogP contribution in [-0.2, 0) is 6.61 Å². The smallest absolute Gasteiger partial charge is 0.158 e. The van der Waals surface area contributed by atoms with Crippen molar-refractivity contribution in [3.8, 4) is 17.6 Å². The summed E-state index contributed by atoms with van der Waals surface area (Å²) in [6.07, 6.45) is 1.38. The van der Waals surface area contributed by atoms with E-state index in [0.29, 0.717) is 44.9 Å². The average Bonchev–Trinajstić information content (AvgIpc) is 2.79. The van der Waals surface area contributed by atoms with Gasteiger partial charge in [-0.25, -0.2) is 14.4 Å². The van der Waals surface area contributed by atoms with Gasteiger partial charge < -0.3 is 21.5 Å². The van der Waals surface area contributed by atoms with Gasteiger partial charge >= 0.3 is 0 Å². The van der Waals surface area contributed by atoms with Gasteiger partial charge in [-0.1, -0.05) is 35.7 Å². The van der Waals surface area contributed by atoms with Crippen LogP contribution in [-0.4, -0.2) is 9.97 Å². The van der Waals surface area contributed by atoms with Crippen LogP contribution in [0.4, 0.5) is 27.3 Å². The van der Waals surface area contributed by atoms with Crippen LogP contribution >= 0.6 is 11.6 Å². The van der Waals surface area contributed by atoms with Gasteiger partial charge in [0.25, 0.3) is 0 Å². The van der Waals surface area contributed by atoms with E-state index in [4.69, 9.17) is 27.8 Å². The quantitative estimate of drug-likeness (QED) is 0.282. The van der Waals surface area contributed by atoms with Crippen molar-refractivity contribution in [1.29, 1.82) is 0 Å². The molecular weight excluding hydrogens is 441 g/mol. The fraction of sp³-hybridized carbons (Fsp3) is 0.0400. The van der Waals surface area contributed by atoms with Crippen molar-refractivity contribution < 1.29 is 9.13 Å². The summed E-state index contributed by atoms with van der Waals surface area (Å²) >= 11 is 6.36. The molecule has 3 aromatic carbocycles. The molecule has 0 fully saturated rings. The summed E-state index contributed by atoms with van der Waals surface area (Å²) < 4.78 is 19.0. The number of nitrogens with two attached hydrogens (primary N) is 2. The van der Waals surface area contributed by atoms with E-state index in [2.05, 4.69) is 27.1 Å². The number of rotatable bonds is 5. The summed E-state index contributed by atoms with van der Waals surface area (Å²) in [5, 5.41) is 3.50. The topological polar surface area (TPSA) is 99.1 Å². The van der Waals surface area contributed by atoms with Gasteiger partial charge in [-0.15, -0.1) is 0 Å². The van der Waals surface area contributed by atoms with E-state index in [1.807, 2.05) is 12.1 Å². The Hall–Kier alpha value is -4.28. The monoisotopic (exact) mass is 459 g/mol. The molecule has 8 heteroatoms. The Balaban J connectivity index is 1.48. The molecule has 1 aromatic heterocycles. The first kappa shape index (κ1) is 21.9. The number of nitrogen functional groups attached to an aromatic ring is 2. The van der Waals surface area contributed by atoms with Crippen LogP contribution in [0.3, 0.4) is 0 Å². The molecule has 0 atom stereocenters. The molecule has 0 aliphatic carbocycles. The zero-order chi connectivity index (χ0) is 23.2. The van der Waals surface area contributed by atoms with Crippen molar-refractivity contribution in [2.45, 2.75) is 6.61 Å². The molecule has 5 N–H and O–H groups in total. The Labute approximate surface area is 195 Å². The summed E-state index contributed by atoms with van der Waals surface area (Å²) in [6, 6.07) is 18.6. The largest absolute Gasteiger partial charge is 0.487 e. The molecule has 0 saturated carbocycles. The fourth-order valence-corrected chi connectivity index (χ4v) is 3.20. The third-order valence-corrected chi connectivity index (χ3v) is 4.87. The van der Waals surface area contributed by atoms with Crippen molar-refractivity contribution in [3.05, 3.63) is 101 Å². The minimum Gasteiger partial charge on any atom is -0.487 e. The summed E-state index contributed by atoms with van der Waals surface area (Å²) in [5.41, 5.74) is 15.4. The molecule has 0 bridgehead atoms. The minimum absolute atomic E-state index is 0.193. The maximum absolute atomic E-state index is 13.3. The van der Waals surface area contributed by atoms with E-state index in [1.165, 1.54) is 18.5 Å². The van der Waals surface area contributed by atoms with Crippen LogP contribution in [0.1, 0.15) is 16.8 Å². The molecule has 4 aromatic rings. The first-order valence-electron chi connectivity index (χ1n) is 9.90. The number of hydrogen-bond donors (Lipinski definition) is 3. The molecule has 0 aliphatic heterocycles. The lowest BCUT2D eigenvalue weighted by Crippen LogP contribution is -2.03. The highest BCUT2D eigenvalue weighted by atomic mass is 35.5. The number of ether oxygens (including phenoxy) is 1. The number of aromatic nitrogens is 2. The highest BCUT2D eigenvalue weighted by molar-refractivity contribution is 6.32. The zero-order valence-corrected chi connectivity index (χ0v) is 18.1. The molecule has 0 saturated heterocycles. The van der Waals surface area contributed by atoms with Gasteiger partial charge in [-0.05, 0) is 60.0 Å². The van der Waals surface area contributed by atoms with Crippen molar-refractivity contribution in [3.63, 3.8) is 0 Å². The molecular formula is C25H19ClFN5O. The van der Waals surface area contributed by atoms with Gasteiger partial charge in [0.05, 0.1) is 5.02 Å². The Morgan fingerprint density at radius 2 is 1.82 bits per heavy atom. The Morgan fingerprint density at radius 1 is 0.970 bits per heavy atom. The average molecular weight is 460 g/mol. The van der Waals surface area contributed by atoms with Crippen LogP contribution in [0.5, 0.6) is 5.75 Å². The Morgan fingerprint density at radius 3 is 2.61 bits per heavy atom. The lowest BCUT2D eigenvalue weighted by atomic mass is 10.2. The lowest BCUT2D eigenvalue weighted by Gasteiger charge is -2.12. The predicted molar refractivity (Wildman–Crippen MR) is 129 cm³/mol. The second-order valence-electron chi connectivity index (χ2n) is 7.05. The second kappa shape index (κ2) is 9.90. The van der Waals surface area contributed by atoms with E-state index in [-0.39, 0.29) is 12.4 Å². The maximum atomic E-state index is 13.3. The number of benzene rings is 3. The molecule has 0 radical (unpaired) electrons. The Kier molecular flexibility index (Phi) is 6.58. The van der Waals surface area contributed by atoms with E-state index >= 15 is 0 Å². The Bertz CT molecular complexity index is 1370. The normalized spacial score (nSPS) is 10.2. The molecule has 0 spiro atoms. The lowest BCUT2D eigenvalue weighted by molar-refractivity contribution is 0.306. The summed E-state index contributed by atoms with van der Waals surface area (Å²) in [7, 11) is 0. The first-order valence-corrected chi connectivity index (χ1v) is 10.3. The van der Waals surface area contributed by atoms with Crippen molar-refractivity contribution >= 4 is 34.5 Å². The highest BCUT2D eigenvalue weighted by Crippen LogP contribution is 2.31. The van der Waals surface area contributed by atoms with Gasteiger partial charge in [0, 0.05) is 16.9 Å².